The van der Waals surface area contributed by atoms with Gasteiger partial charge in [-0.15, -0.1) is 0 Å². The Morgan fingerprint density at radius 2 is 2.29 bits per heavy atom. The zero-order valence-corrected chi connectivity index (χ0v) is 9.25. The summed E-state index contributed by atoms with van der Waals surface area (Å²) in [5, 5.41) is 7.47. The first-order valence-electron chi connectivity index (χ1n) is 5.00. The van der Waals surface area contributed by atoms with Gasteiger partial charge in [0, 0.05) is 31.4 Å². The molecule has 4 heteroatoms. The third-order valence-corrected chi connectivity index (χ3v) is 2.02. The van der Waals surface area contributed by atoms with Crippen LogP contribution in [0.2, 0.25) is 0 Å². The number of nitrogens with two attached hydrogens (primary N) is 1. The largest absolute Gasteiger partial charge is 0.369 e. The highest BCUT2D eigenvalue weighted by atomic mass is 15.3. The molecule has 0 unspecified atom stereocenters. The summed E-state index contributed by atoms with van der Waals surface area (Å²) in [6.07, 6.45) is 4.02. The van der Waals surface area contributed by atoms with Crippen LogP contribution in [0, 0.1) is 0 Å². The average Bonchev–Trinajstić information content (AvgIpc) is 2.44. The number of nitrogens with zero attached hydrogens (tertiary/aromatic N) is 2. The van der Waals surface area contributed by atoms with E-state index < -0.39 is 0 Å². The highest BCUT2D eigenvalue weighted by Gasteiger charge is 2.09. The van der Waals surface area contributed by atoms with Crippen molar-refractivity contribution in [1.29, 1.82) is 0 Å². The maximum absolute atomic E-state index is 5.87. The summed E-state index contributed by atoms with van der Waals surface area (Å²) in [5.41, 5.74) is 5.81. The van der Waals surface area contributed by atoms with Crippen molar-refractivity contribution >= 4 is 5.82 Å². The molecule has 0 saturated heterocycles. The van der Waals surface area contributed by atoms with Crippen LogP contribution in [0.3, 0.4) is 0 Å². The van der Waals surface area contributed by atoms with Gasteiger partial charge in [0.15, 0.2) is 0 Å². The Morgan fingerprint density at radius 3 is 2.79 bits per heavy atom. The molecule has 4 nitrogen and oxygen atoms in total. The maximum atomic E-state index is 5.87. The number of hydrogen-bond acceptors (Lipinski definition) is 3. The summed E-state index contributed by atoms with van der Waals surface area (Å²) >= 11 is 0. The lowest BCUT2D eigenvalue weighted by Crippen LogP contribution is -2.32. The van der Waals surface area contributed by atoms with Crippen molar-refractivity contribution in [2.24, 2.45) is 12.8 Å². The number of nitrogens with one attached hydrogen (secondary N) is 1. The predicted molar refractivity (Wildman–Crippen MR) is 59.2 cm³/mol. The molecular weight excluding hydrogens is 176 g/mol. The highest BCUT2D eigenvalue weighted by molar-refractivity contribution is 5.31. The Hall–Kier alpha value is -1.03. The van der Waals surface area contributed by atoms with Gasteiger partial charge >= 0.3 is 0 Å². The van der Waals surface area contributed by atoms with Gasteiger partial charge in [-0.05, 0) is 26.7 Å². The molecule has 14 heavy (non-hydrogen) atoms. The predicted octanol–water partition coefficient (Wildman–Crippen LogP) is 1.35. The van der Waals surface area contributed by atoms with Gasteiger partial charge < -0.3 is 11.1 Å². The van der Waals surface area contributed by atoms with Crippen molar-refractivity contribution in [3.63, 3.8) is 0 Å². The van der Waals surface area contributed by atoms with Crippen LogP contribution < -0.4 is 11.1 Å². The van der Waals surface area contributed by atoms with Crippen molar-refractivity contribution in [2.45, 2.75) is 32.2 Å². The van der Waals surface area contributed by atoms with E-state index in [0.29, 0.717) is 0 Å². The topological polar surface area (TPSA) is 55.9 Å². The first kappa shape index (κ1) is 11.0. The van der Waals surface area contributed by atoms with Crippen molar-refractivity contribution in [1.82, 2.24) is 9.78 Å². The second-order valence-electron chi connectivity index (χ2n) is 4.39. The molecule has 0 bridgehead atoms. The molecule has 0 atom stereocenters. The highest BCUT2D eigenvalue weighted by Crippen LogP contribution is 2.07. The molecule has 0 aliphatic heterocycles. The van der Waals surface area contributed by atoms with Crippen LogP contribution in [0.15, 0.2) is 12.3 Å². The standard InChI is InChI=1S/C10H20N4/c1-10(2,11)6-4-7-12-9-5-8-14(3)13-9/h5,8H,4,6-7,11H2,1-3H3,(H,12,13). The lowest BCUT2D eigenvalue weighted by atomic mass is 10.0. The zero-order chi connectivity index (χ0) is 10.6. The Labute approximate surface area is 85.5 Å². The van der Waals surface area contributed by atoms with Crippen molar-refractivity contribution in [3.8, 4) is 0 Å². The van der Waals surface area contributed by atoms with E-state index in [-0.39, 0.29) is 5.54 Å². The minimum atomic E-state index is -0.0637. The second-order valence-corrected chi connectivity index (χ2v) is 4.39. The molecule has 1 heterocycles. The molecule has 0 aromatic carbocycles. The molecule has 0 spiro atoms. The monoisotopic (exact) mass is 196 g/mol. The number of hydrogen-bond donors (Lipinski definition) is 2. The van der Waals surface area contributed by atoms with Crippen molar-refractivity contribution in [2.75, 3.05) is 11.9 Å². The Kier molecular flexibility index (Phi) is 3.52. The van der Waals surface area contributed by atoms with Crippen LogP contribution in [0.1, 0.15) is 26.7 Å². The Bertz CT molecular complexity index is 272. The van der Waals surface area contributed by atoms with Gasteiger partial charge in [0.05, 0.1) is 0 Å². The van der Waals surface area contributed by atoms with Gasteiger partial charge in [-0.3, -0.25) is 4.68 Å². The van der Waals surface area contributed by atoms with Crippen LogP contribution in [0.5, 0.6) is 0 Å². The van der Waals surface area contributed by atoms with E-state index in [9.17, 15) is 0 Å². The molecule has 0 aliphatic carbocycles. The summed E-state index contributed by atoms with van der Waals surface area (Å²) in [4.78, 5) is 0. The van der Waals surface area contributed by atoms with Crippen molar-refractivity contribution < 1.29 is 0 Å². The maximum Gasteiger partial charge on any atom is 0.147 e. The van der Waals surface area contributed by atoms with E-state index in [2.05, 4.69) is 10.4 Å². The van der Waals surface area contributed by atoms with Crippen LogP contribution in [0.4, 0.5) is 5.82 Å². The van der Waals surface area contributed by atoms with E-state index in [1.54, 1.807) is 4.68 Å². The summed E-state index contributed by atoms with van der Waals surface area (Å²) in [7, 11) is 1.91. The third-order valence-electron chi connectivity index (χ3n) is 2.02. The van der Waals surface area contributed by atoms with Gasteiger partial charge in [0.25, 0.3) is 0 Å². The molecule has 0 aliphatic rings. The molecule has 1 aromatic heterocycles. The average molecular weight is 196 g/mol. The lowest BCUT2D eigenvalue weighted by Gasteiger charge is -2.17. The smallest absolute Gasteiger partial charge is 0.147 e. The fourth-order valence-corrected chi connectivity index (χ4v) is 1.27. The number of aryl methyl sites for hydroxylation is 1. The van der Waals surface area contributed by atoms with Gasteiger partial charge in [0.1, 0.15) is 5.82 Å². The second kappa shape index (κ2) is 4.46. The van der Waals surface area contributed by atoms with Crippen LogP contribution >= 0.6 is 0 Å². The fourth-order valence-electron chi connectivity index (χ4n) is 1.27. The summed E-state index contributed by atoms with van der Waals surface area (Å²) < 4.78 is 1.79. The van der Waals surface area contributed by atoms with E-state index in [1.807, 2.05) is 33.2 Å². The fraction of sp³-hybridized carbons (Fsp3) is 0.700. The number of aromatic nitrogens is 2. The summed E-state index contributed by atoms with van der Waals surface area (Å²) in [6, 6.07) is 1.97. The quantitative estimate of drug-likeness (QED) is 0.699. The normalized spacial score (nSPS) is 11.7. The molecule has 3 N–H and O–H groups in total. The van der Waals surface area contributed by atoms with E-state index in [1.165, 1.54) is 0 Å². The molecule has 0 amide bonds. The van der Waals surface area contributed by atoms with Gasteiger partial charge in [-0.1, -0.05) is 0 Å². The lowest BCUT2D eigenvalue weighted by molar-refractivity contribution is 0.465. The minimum Gasteiger partial charge on any atom is -0.369 e. The van der Waals surface area contributed by atoms with Crippen molar-refractivity contribution in [3.05, 3.63) is 12.3 Å². The Morgan fingerprint density at radius 1 is 1.57 bits per heavy atom. The number of anilines is 1. The van der Waals surface area contributed by atoms with Gasteiger partial charge in [-0.25, -0.2) is 0 Å². The molecular formula is C10H20N4. The van der Waals surface area contributed by atoms with E-state index in [4.69, 9.17) is 5.73 Å². The summed E-state index contributed by atoms with van der Waals surface area (Å²) in [5.74, 6) is 0.933. The minimum absolute atomic E-state index is 0.0637. The van der Waals surface area contributed by atoms with Gasteiger partial charge in [0.2, 0.25) is 0 Å². The first-order chi connectivity index (χ1) is 6.47. The van der Waals surface area contributed by atoms with Crippen LogP contribution in [-0.2, 0) is 7.05 Å². The molecule has 0 fully saturated rings. The molecule has 1 aromatic rings. The Balaban J connectivity index is 2.16. The molecule has 0 saturated carbocycles. The molecule has 1 rings (SSSR count). The number of rotatable bonds is 5. The van der Waals surface area contributed by atoms with Gasteiger partial charge in [-0.2, -0.15) is 5.10 Å². The van der Waals surface area contributed by atoms with E-state index >= 15 is 0 Å². The molecule has 0 radical (unpaired) electrons. The first-order valence-corrected chi connectivity index (χ1v) is 5.00. The van der Waals surface area contributed by atoms with E-state index in [0.717, 1.165) is 25.2 Å². The van der Waals surface area contributed by atoms with Crippen LogP contribution in [-0.4, -0.2) is 21.9 Å². The van der Waals surface area contributed by atoms with Crippen LogP contribution in [0.25, 0.3) is 0 Å². The zero-order valence-electron chi connectivity index (χ0n) is 9.25. The molecule has 80 valence electrons. The summed E-state index contributed by atoms with van der Waals surface area (Å²) in [6.45, 7) is 5.03. The third kappa shape index (κ3) is 4.28. The SMILES string of the molecule is Cn1ccc(NCCCC(C)(C)N)n1.